The molecule has 1 amide bonds. The number of hydrogen-bond donors (Lipinski definition) is 2. The number of halogens is 1. The fourth-order valence-corrected chi connectivity index (χ4v) is 1.74. The van der Waals surface area contributed by atoms with Crippen LogP contribution in [0.5, 0.6) is 0 Å². The molecule has 98 valence electrons. The van der Waals surface area contributed by atoms with E-state index < -0.39 is 0 Å². The Hall–Kier alpha value is -1.33. The number of rotatable bonds is 6. The molecule has 2 rings (SSSR count). The lowest BCUT2D eigenvalue weighted by Crippen LogP contribution is -2.27. The summed E-state index contributed by atoms with van der Waals surface area (Å²) in [5.41, 5.74) is 5.93. The van der Waals surface area contributed by atoms with Gasteiger partial charge in [0.05, 0.1) is 6.61 Å². The highest BCUT2D eigenvalue weighted by Crippen LogP contribution is 2.28. The molecule has 0 radical (unpaired) electrons. The number of nitrogens with two attached hydrogens (primary N) is 1. The van der Waals surface area contributed by atoms with Gasteiger partial charge in [-0.3, -0.25) is 4.79 Å². The first-order chi connectivity index (χ1) is 8.65. The maximum Gasteiger partial charge on any atom is 0.251 e. The van der Waals surface area contributed by atoms with Gasteiger partial charge in [-0.1, -0.05) is 11.6 Å². The number of nitrogens with one attached hydrogen (secondary N) is 1. The average molecular weight is 270 g/mol. The van der Waals surface area contributed by atoms with Gasteiger partial charge in [0.1, 0.15) is 11.0 Å². The molecule has 1 saturated carbocycles. The van der Waals surface area contributed by atoms with E-state index in [1.54, 1.807) is 0 Å². The summed E-state index contributed by atoms with van der Waals surface area (Å²) in [6.45, 7) is 1.80. The van der Waals surface area contributed by atoms with Crippen LogP contribution in [0.3, 0.4) is 0 Å². The van der Waals surface area contributed by atoms with Gasteiger partial charge in [-0.2, -0.15) is 0 Å². The van der Waals surface area contributed by atoms with Crippen LogP contribution in [0.4, 0.5) is 5.82 Å². The van der Waals surface area contributed by atoms with Crippen molar-refractivity contribution < 1.29 is 9.53 Å². The fourth-order valence-electron chi connectivity index (χ4n) is 1.52. The molecule has 1 aliphatic carbocycles. The first kappa shape index (κ1) is 13.1. The van der Waals surface area contributed by atoms with Crippen molar-refractivity contribution >= 4 is 23.3 Å². The van der Waals surface area contributed by atoms with E-state index in [1.165, 1.54) is 25.0 Å². The molecule has 0 aromatic carbocycles. The molecule has 18 heavy (non-hydrogen) atoms. The van der Waals surface area contributed by atoms with Crippen LogP contribution < -0.4 is 11.1 Å². The lowest BCUT2D eigenvalue weighted by molar-refractivity contribution is 0.0906. The van der Waals surface area contributed by atoms with Crippen molar-refractivity contribution in [3.63, 3.8) is 0 Å². The van der Waals surface area contributed by atoms with Crippen LogP contribution in [-0.2, 0) is 4.74 Å². The predicted octanol–water partition coefficient (Wildman–Crippen LogP) is 1.47. The highest BCUT2D eigenvalue weighted by Gasteiger charge is 2.20. The highest BCUT2D eigenvalue weighted by molar-refractivity contribution is 6.29. The summed E-state index contributed by atoms with van der Waals surface area (Å²) in [4.78, 5) is 15.5. The third-order valence-corrected chi connectivity index (χ3v) is 2.85. The van der Waals surface area contributed by atoms with Crippen LogP contribution in [0.15, 0.2) is 12.1 Å². The Bertz CT molecular complexity index is 415. The number of nitrogens with zero attached hydrogens (tertiary/aromatic N) is 1. The molecule has 0 unspecified atom stereocenters. The van der Waals surface area contributed by atoms with E-state index in [1.807, 2.05) is 0 Å². The number of carbonyl (C=O) groups is 1. The van der Waals surface area contributed by atoms with E-state index in [9.17, 15) is 4.79 Å². The normalized spacial score (nSPS) is 14.5. The van der Waals surface area contributed by atoms with Crippen LogP contribution in [0, 0.1) is 5.92 Å². The van der Waals surface area contributed by atoms with Gasteiger partial charge >= 0.3 is 0 Å². The van der Waals surface area contributed by atoms with Crippen LogP contribution in [-0.4, -0.2) is 30.6 Å². The predicted molar refractivity (Wildman–Crippen MR) is 69.5 cm³/mol. The Labute approximate surface area is 111 Å². The van der Waals surface area contributed by atoms with Gasteiger partial charge in [-0.15, -0.1) is 0 Å². The SMILES string of the molecule is Nc1cc(C(=O)NCCOCC2CC2)cc(Cl)n1. The molecule has 0 aliphatic heterocycles. The van der Waals surface area contributed by atoms with Crippen LogP contribution in [0.25, 0.3) is 0 Å². The van der Waals surface area contributed by atoms with E-state index in [4.69, 9.17) is 22.1 Å². The molecule has 0 atom stereocenters. The molecular formula is C12H16ClN3O2. The highest BCUT2D eigenvalue weighted by atomic mass is 35.5. The van der Waals surface area contributed by atoms with E-state index in [2.05, 4.69) is 10.3 Å². The third kappa shape index (κ3) is 4.16. The Balaban J connectivity index is 1.72. The minimum Gasteiger partial charge on any atom is -0.384 e. The second-order valence-electron chi connectivity index (χ2n) is 4.38. The molecule has 0 saturated heterocycles. The van der Waals surface area contributed by atoms with Gasteiger partial charge in [0.2, 0.25) is 0 Å². The molecule has 6 heteroatoms. The number of carbonyl (C=O) groups excluding carboxylic acids is 1. The number of hydrogen-bond acceptors (Lipinski definition) is 4. The molecule has 1 aromatic heterocycles. The minimum atomic E-state index is -0.221. The zero-order valence-corrected chi connectivity index (χ0v) is 10.7. The number of pyridine rings is 1. The summed E-state index contributed by atoms with van der Waals surface area (Å²) in [6, 6.07) is 2.98. The smallest absolute Gasteiger partial charge is 0.251 e. The van der Waals surface area contributed by atoms with Crippen LogP contribution >= 0.6 is 11.6 Å². The fraction of sp³-hybridized carbons (Fsp3) is 0.500. The van der Waals surface area contributed by atoms with Crippen molar-refractivity contribution in [2.75, 3.05) is 25.5 Å². The Morgan fingerprint density at radius 1 is 1.56 bits per heavy atom. The molecule has 3 N–H and O–H groups in total. The Morgan fingerprint density at radius 3 is 3.00 bits per heavy atom. The van der Waals surface area contributed by atoms with Crippen LogP contribution in [0.1, 0.15) is 23.2 Å². The van der Waals surface area contributed by atoms with Crippen molar-refractivity contribution in [2.45, 2.75) is 12.8 Å². The van der Waals surface area contributed by atoms with Crippen molar-refractivity contribution in [2.24, 2.45) is 5.92 Å². The maximum absolute atomic E-state index is 11.7. The largest absolute Gasteiger partial charge is 0.384 e. The summed E-state index contributed by atoms with van der Waals surface area (Å²) in [6.07, 6.45) is 2.53. The van der Waals surface area contributed by atoms with Crippen molar-refractivity contribution in [3.8, 4) is 0 Å². The lowest BCUT2D eigenvalue weighted by Gasteiger charge is -2.06. The summed E-state index contributed by atoms with van der Waals surface area (Å²) < 4.78 is 5.41. The third-order valence-electron chi connectivity index (χ3n) is 2.66. The van der Waals surface area contributed by atoms with E-state index in [0.29, 0.717) is 18.7 Å². The van der Waals surface area contributed by atoms with Gasteiger partial charge in [0.25, 0.3) is 5.91 Å². The summed E-state index contributed by atoms with van der Waals surface area (Å²) in [7, 11) is 0. The zero-order valence-electron chi connectivity index (χ0n) is 9.99. The number of ether oxygens (including phenoxy) is 1. The summed E-state index contributed by atoms with van der Waals surface area (Å²) in [5.74, 6) is 0.748. The first-order valence-corrected chi connectivity index (χ1v) is 6.32. The maximum atomic E-state index is 11.7. The molecule has 5 nitrogen and oxygen atoms in total. The van der Waals surface area contributed by atoms with Crippen molar-refractivity contribution in [1.29, 1.82) is 0 Å². The molecule has 1 aromatic rings. The quantitative estimate of drug-likeness (QED) is 0.606. The summed E-state index contributed by atoms with van der Waals surface area (Å²) in [5, 5.41) is 2.95. The monoisotopic (exact) mass is 269 g/mol. The number of anilines is 1. The molecule has 1 fully saturated rings. The second-order valence-corrected chi connectivity index (χ2v) is 4.76. The standard InChI is InChI=1S/C12H16ClN3O2/c13-10-5-9(6-11(14)16-10)12(17)15-3-4-18-7-8-1-2-8/h5-6,8H,1-4,7H2,(H2,14,16)(H,15,17). The van der Waals surface area contributed by atoms with E-state index >= 15 is 0 Å². The molecule has 1 aliphatic rings. The van der Waals surface area contributed by atoms with E-state index in [0.717, 1.165) is 12.5 Å². The minimum absolute atomic E-state index is 0.213. The number of nitrogen functional groups attached to an aromatic ring is 1. The topological polar surface area (TPSA) is 77.2 Å². The Morgan fingerprint density at radius 2 is 2.33 bits per heavy atom. The van der Waals surface area contributed by atoms with Gasteiger partial charge < -0.3 is 15.8 Å². The number of amides is 1. The molecular weight excluding hydrogens is 254 g/mol. The second kappa shape index (κ2) is 6.02. The molecule has 0 bridgehead atoms. The summed E-state index contributed by atoms with van der Waals surface area (Å²) >= 11 is 5.72. The van der Waals surface area contributed by atoms with Crippen molar-refractivity contribution in [3.05, 3.63) is 22.8 Å². The average Bonchev–Trinajstić information content (AvgIpc) is 3.11. The van der Waals surface area contributed by atoms with Gasteiger partial charge in [0.15, 0.2) is 0 Å². The number of aromatic nitrogens is 1. The van der Waals surface area contributed by atoms with E-state index in [-0.39, 0.29) is 16.9 Å². The Kier molecular flexibility index (Phi) is 4.38. The van der Waals surface area contributed by atoms with Gasteiger partial charge in [-0.25, -0.2) is 4.98 Å². The first-order valence-electron chi connectivity index (χ1n) is 5.94. The van der Waals surface area contributed by atoms with Gasteiger partial charge in [0, 0.05) is 18.7 Å². The lowest BCUT2D eigenvalue weighted by atomic mass is 10.2. The van der Waals surface area contributed by atoms with Gasteiger partial charge in [-0.05, 0) is 30.9 Å². The van der Waals surface area contributed by atoms with Crippen LogP contribution in [0.2, 0.25) is 5.15 Å². The zero-order chi connectivity index (χ0) is 13.0. The molecule has 0 spiro atoms. The van der Waals surface area contributed by atoms with Crippen molar-refractivity contribution in [1.82, 2.24) is 10.3 Å². The molecule has 1 heterocycles.